The van der Waals surface area contributed by atoms with Crippen molar-refractivity contribution in [2.45, 2.75) is 53.4 Å². The Morgan fingerprint density at radius 3 is 2.20 bits per heavy atom. The Morgan fingerprint density at radius 1 is 1.07 bits per heavy atom. The molecule has 0 heterocycles. The summed E-state index contributed by atoms with van der Waals surface area (Å²) in [5.74, 6) is 0. The van der Waals surface area contributed by atoms with Crippen LogP contribution in [-0.4, -0.2) is 0 Å². The van der Waals surface area contributed by atoms with Crippen molar-refractivity contribution in [2.75, 3.05) is 0 Å². The van der Waals surface area contributed by atoms with Gasteiger partial charge in [-0.25, -0.2) is 0 Å². The number of hydrogen-bond acceptors (Lipinski definition) is 0. The van der Waals surface area contributed by atoms with E-state index in [0.29, 0.717) is 0 Å². The van der Waals surface area contributed by atoms with Gasteiger partial charge in [-0.15, -0.1) is 5.73 Å². The van der Waals surface area contributed by atoms with Crippen LogP contribution in [0.4, 0.5) is 0 Å². The van der Waals surface area contributed by atoms with E-state index >= 15 is 0 Å². The van der Waals surface area contributed by atoms with Crippen molar-refractivity contribution in [3.05, 3.63) is 41.2 Å². The largest absolute Gasteiger partial charge is 1.00 e. The zero-order chi connectivity index (χ0) is 11.7. The predicted molar refractivity (Wildman–Crippen MR) is 71.1 cm³/mol. The molecule has 0 heteroatoms. The highest BCUT2D eigenvalue weighted by Gasteiger charge is 1.90. The van der Waals surface area contributed by atoms with E-state index in [4.69, 9.17) is 0 Å². The quantitative estimate of drug-likeness (QED) is 0.407. The average Bonchev–Trinajstić information content (AvgIpc) is 2.17. The van der Waals surface area contributed by atoms with Gasteiger partial charge in [0.1, 0.15) is 0 Å². The average molecular weight is 205 g/mol. The summed E-state index contributed by atoms with van der Waals surface area (Å²) in [5.41, 5.74) is 7.08. The highest BCUT2D eigenvalue weighted by Crippen LogP contribution is 2.10. The van der Waals surface area contributed by atoms with Gasteiger partial charge in [0.05, 0.1) is 0 Å². The molecule has 0 amide bonds. The van der Waals surface area contributed by atoms with E-state index in [1.807, 2.05) is 0 Å². The van der Waals surface area contributed by atoms with Crippen LogP contribution in [-0.2, 0) is 0 Å². The Balaban J connectivity index is 0. The molecule has 0 aliphatic carbocycles. The van der Waals surface area contributed by atoms with Gasteiger partial charge in [0.2, 0.25) is 0 Å². The zero-order valence-electron chi connectivity index (χ0n) is 11.7. The normalized spacial score (nSPS) is 10.8. The molecule has 0 N–H and O–H groups in total. The highest BCUT2D eigenvalue weighted by atomic mass is 14.0. The van der Waals surface area contributed by atoms with E-state index in [0.717, 1.165) is 12.8 Å². The van der Waals surface area contributed by atoms with E-state index in [9.17, 15) is 0 Å². The second-order valence-electron chi connectivity index (χ2n) is 4.37. The van der Waals surface area contributed by atoms with Crippen LogP contribution >= 0.6 is 0 Å². The summed E-state index contributed by atoms with van der Waals surface area (Å²) < 4.78 is 0. The minimum absolute atomic E-state index is 0. The van der Waals surface area contributed by atoms with Gasteiger partial charge in [0.15, 0.2) is 0 Å². The van der Waals surface area contributed by atoms with E-state index in [-0.39, 0.29) is 1.43 Å². The van der Waals surface area contributed by atoms with Crippen molar-refractivity contribution in [2.24, 2.45) is 0 Å². The third-order valence-corrected chi connectivity index (χ3v) is 2.41. The van der Waals surface area contributed by atoms with Crippen LogP contribution in [0, 0.1) is 0 Å². The lowest BCUT2D eigenvalue weighted by atomic mass is 10.1. The fraction of sp³-hybridized carbons (Fsp3) is 0.533. The van der Waals surface area contributed by atoms with Crippen LogP contribution in [0.1, 0.15) is 54.8 Å². The maximum atomic E-state index is 3.64. The van der Waals surface area contributed by atoms with Gasteiger partial charge in [-0.3, -0.25) is 0 Å². The molecule has 0 aliphatic heterocycles. The van der Waals surface area contributed by atoms with E-state index in [2.05, 4.69) is 52.2 Å². The standard InChI is InChI=1S/C15H24/c1-6-14(4)10-8-12-15(5)11-7-9-13(2)3/h9,12H,1,7-8,10-11H2,2-5H3/p+1. The van der Waals surface area contributed by atoms with Gasteiger partial charge in [-0.1, -0.05) is 29.9 Å². The first-order valence-corrected chi connectivity index (χ1v) is 5.70. The van der Waals surface area contributed by atoms with Crippen molar-refractivity contribution >= 4 is 0 Å². The van der Waals surface area contributed by atoms with Crippen molar-refractivity contribution in [3.8, 4) is 0 Å². The summed E-state index contributed by atoms with van der Waals surface area (Å²) >= 11 is 0. The molecule has 0 saturated carbocycles. The Bertz CT molecular complexity index is 285. The van der Waals surface area contributed by atoms with Crippen LogP contribution in [0.15, 0.2) is 41.2 Å². The molecular weight excluding hydrogens is 180 g/mol. The van der Waals surface area contributed by atoms with Gasteiger partial charge in [-0.2, -0.15) is 0 Å². The zero-order valence-corrected chi connectivity index (χ0v) is 10.7. The molecule has 0 rings (SSSR count). The van der Waals surface area contributed by atoms with Crippen LogP contribution in [0.3, 0.4) is 0 Å². The van der Waals surface area contributed by atoms with Crippen molar-refractivity contribution in [1.82, 2.24) is 0 Å². The number of hydrogen-bond donors (Lipinski definition) is 0. The molecule has 0 radical (unpaired) electrons. The molecule has 0 saturated heterocycles. The maximum Gasteiger partial charge on any atom is 1.00 e. The van der Waals surface area contributed by atoms with Crippen molar-refractivity contribution < 1.29 is 1.43 Å². The smallest absolute Gasteiger partial charge is 0.130 e. The van der Waals surface area contributed by atoms with Crippen molar-refractivity contribution in [3.63, 3.8) is 0 Å². The van der Waals surface area contributed by atoms with Crippen LogP contribution in [0.2, 0.25) is 0 Å². The molecule has 0 spiro atoms. The SMILES string of the molecule is C=C=C(C)CCC=C(C)CCC=C(C)C.[H+]. The summed E-state index contributed by atoms with van der Waals surface area (Å²) in [6.07, 6.45) is 9.19. The third kappa shape index (κ3) is 9.31. The minimum Gasteiger partial charge on any atom is -0.130 e. The molecule has 0 aromatic rings. The second-order valence-corrected chi connectivity index (χ2v) is 4.37. The molecule has 0 fully saturated rings. The second kappa shape index (κ2) is 8.32. The third-order valence-electron chi connectivity index (χ3n) is 2.41. The highest BCUT2D eigenvalue weighted by molar-refractivity contribution is 5.04. The van der Waals surface area contributed by atoms with Crippen LogP contribution < -0.4 is 0 Å². The topological polar surface area (TPSA) is 0 Å². The van der Waals surface area contributed by atoms with Gasteiger partial charge in [-0.05, 0) is 59.0 Å². The molecule has 0 aromatic carbocycles. The lowest BCUT2D eigenvalue weighted by Crippen LogP contribution is -1.79. The fourth-order valence-electron chi connectivity index (χ4n) is 1.31. The number of allylic oxidation sites excluding steroid dienone is 5. The molecule has 0 bridgehead atoms. The lowest BCUT2D eigenvalue weighted by molar-refractivity contribution is 0.919. The number of rotatable bonds is 6. The molecular formula is C15H25+. The monoisotopic (exact) mass is 205 g/mol. The van der Waals surface area contributed by atoms with Gasteiger partial charge in [0, 0.05) is 0 Å². The summed E-state index contributed by atoms with van der Waals surface area (Å²) in [6, 6.07) is 0. The first-order valence-electron chi connectivity index (χ1n) is 5.70. The Morgan fingerprint density at radius 2 is 1.67 bits per heavy atom. The summed E-state index contributed by atoms with van der Waals surface area (Å²) in [5, 5.41) is 0. The predicted octanol–water partition coefficient (Wildman–Crippen LogP) is 5.30. The molecule has 0 aliphatic rings. The molecule has 0 nitrogen and oxygen atoms in total. The van der Waals surface area contributed by atoms with Crippen molar-refractivity contribution in [1.29, 1.82) is 0 Å². The first kappa shape index (κ1) is 14.0. The van der Waals surface area contributed by atoms with E-state index < -0.39 is 0 Å². The summed E-state index contributed by atoms with van der Waals surface area (Å²) in [6.45, 7) is 12.2. The van der Waals surface area contributed by atoms with Crippen LogP contribution in [0.5, 0.6) is 0 Å². The summed E-state index contributed by atoms with van der Waals surface area (Å²) in [4.78, 5) is 0. The lowest BCUT2D eigenvalue weighted by Gasteiger charge is -1.99. The first-order chi connectivity index (χ1) is 7.06. The van der Waals surface area contributed by atoms with Gasteiger partial charge in [0.25, 0.3) is 0 Å². The Hall–Kier alpha value is -1.00. The minimum atomic E-state index is 0. The van der Waals surface area contributed by atoms with Gasteiger partial charge < -0.3 is 0 Å². The molecule has 0 aromatic heterocycles. The van der Waals surface area contributed by atoms with E-state index in [1.165, 1.54) is 29.6 Å². The molecule has 84 valence electrons. The fourth-order valence-corrected chi connectivity index (χ4v) is 1.31. The molecule has 0 atom stereocenters. The molecule has 0 unspecified atom stereocenters. The Kier molecular flexibility index (Phi) is 7.77. The van der Waals surface area contributed by atoms with Crippen LogP contribution in [0.25, 0.3) is 0 Å². The van der Waals surface area contributed by atoms with E-state index in [1.54, 1.807) is 0 Å². The molecule has 15 heavy (non-hydrogen) atoms. The summed E-state index contributed by atoms with van der Waals surface area (Å²) in [7, 11) is 0. The Labute approximate surface area is 96.6 Å². The van der Waals surface area contributed by atoms with Gasteiger partial charge >= 0.3 is 1.43 Å². The maximum absolute atomic E-state index is 3.64.